The maximum Gasteiger partial charge on any atom is 0.335 e. The molecule has 0 bridgehead atoms. The predicted octanol–water partition coefficient (Wildman–Crippen LogP) is 3.11. The van der Waals surface area contributed by atoms with Crippen LogP contribution in [0, 0.1) is 0 Å². The molecular formula is C18H16N2O3. The summed E-state index contributed by atoms with van der Waals surface area (Å²) in [7, 11) is 0. The lowest BCUT2D eigenvalue weighted by atomic mass is 10.0. The molecule has 2 N–H and O–H groups in total. The van der Waals surface area contributed by atoms with Crippen LogP contribution in [0.4, 0.5) is 5.69 Å². The summed E-state index contributed by atoms with van der Waals surface area (Å²) in [4.78, 5) is 25.7. The first kappa shape index (κ1) is 13.8. The minimum atomic E-state index is -0.950. The molecule has 2 aliphatic rings. The van der Waals surface area contributed by atoms with Gasteiger partial charge in [-0.3, -0.25) is 4.79 Å². The standard InChI is InChI=1S/C18H16N2O3/c21-17-14-3-1-2-4-15(14)19-16(20(17)13-9-10-13)11-5-7-12(8-6-11)18(22)23/h1-8,13,16,19H,9-10H2,(H,22,23). The predicted molar refractivity (Wildman–Crippen MR) is 85.4 cm³/mol. The lowest BCUT2D eigenvalue weighted by molar-refractivity contribution is 0.0661. The fourth-order valence-corrected chi connectivity index (χ4v) is 3.05. The van der Waals surface area contributed by atoms with Gasteiger partial charge in [-0.1, -0.05) is 24.3 Å². The summed E-state index contributed by atoms with van der Waals surface area (Å²) in [5, 5.41) is 12.4. The van der Waals surface area contributed by atoms with Gasteiger partial charge in [-0.05, 0) is 42.7 Å². The van der Waals surface area contributed by atoms with Crippen molar-refractivity contribution in [2.45, 2.75) is 25.0 Å². The molecule has 0 saturated heterocycles. The molecule has 1 saturated carbocycles. The Kier molecular flexibility index (Phi) is 3.08. The fraction of sp³-hybridized carbons (Fsp3) is 0.222. The lowest BCUT2D eigenvalue weighted by Gasteiger charge is -2.38. The Morgan fingerprint density at radius 2 is 1.78 bits per heavy atom. The Labute approximate surface area is 133 Å². The number of nitrogens with one attached hydrogen (secondary N) is 1. The fourth-order valence-electron chi connectivity index (χ4n) is 3.05. The van der Waals surface area contributed by atoms with E-state index in [-0.39, 0.29) is 23.7 Å². The van der Waals surface area contributed by atoms with Crippen molar-refractivity contribution in [2.24, 2.45) is 0 Å². The van der Waals surface area contributed by atoms with Gasteiger partial charge in [0.25, 0.3) is 5.91 Å². The third-order valence-electron chi connectivity index (χ3n) is 4.38. The summed E-state index contributed by atoms with van der Waals surface area (Å²) in [6, 6.07) is 14.5. The van der Waals surface area contributed by atoms with Crippen LogP contribution in [-0.2, 0) is 0 Å². The minimum absolute atomic E-state index is 0.0363. The molecule has 1 atom stereocenters. The van der Waals surface area contributed by atoms with E-state index in [2.05, 4.69) is 5.32 Å². The molecular weight excluding hydrogens is 292 g/mol. The Morgan fingerprint density at radius 1 is 1.09 bits per heavy atom. The number of hydrogen-bond donors (Lipinski definition) is 2. The number of carbonyl (C=O) groups excluding carboxylic acids is 1. The van der Waals surface area contributed by atoms with Crippen molar-refractivity contribution in [1.82, 2.24) is 4.90 Å². The summed E-state index contributed by atoms with van der Waals surface area (Å²) in [5.41, 5.74) is 2.65. The molecule has 1 aliphatic heterocycles. The number of carbonyl (C=O) groups is 2. The van der Waals surface area contributed by atoms with Crippen LogP contribution in [0.1, 0.15) is 45.3 Å². The van der Waals surface area contributed by atoms with Crippen molar-refractivity contribution in [3.8, 4) is 0 Å². The highest BCUT2D eigenvalue weighted by Gasteiger charge is 2.41. The van der Waals surface area contributed by atoms with Crippen LogP contribution in [0.5, 0.6) is 0 Å². The first-order chi connectivity index (χ1) is 11.1. The smallest absolute Gasteiger partial charge is 0.335 e. The van der Waals surface area contributed by atoms with Crippen LogP contribution in [0.3, 0.4) is 0 Å². The third-order valence-corrected chi connectivity index (χ3v) is 4.38. The van der Waals surface area contributed by atoms with Gasteiger partial charge in [0.15, 0.2) is 0 Å². The van der Waals surface area contributed by atoms with E-state index in [1.165, 1.54) is 0 Å². The number of nitrogens with zero attached hydrogens (tertiary/aromatic N) is 1. The maximum atomic E-state index is 12.8. The third kappa shape index (κ3) is 2.34. The highest BCUT2D eigenvalue weighted by molar-refractivity contribution is 6.02. The van der Waals surface area contributed by atoms with Crippen LogP contribution < -0.4 is 5.32 Å². The van der Waals surface area contributed by atoms with Gasteiger partial charge in [0.2, 0.25) is 0 Å². The van der Waals surface area contributed by atoms with E-state index in [9.17, 15) is 9.59 Å². The monoisotopic (exact) mass is 308 g/mol. The van der Waals surface area contributed by atoms with E-state index < -0.39 is 5.97 Å². The summed E-state index contributed by atoms with van der Waals surface area (Å²) in [5.74, 6) is -0.914. The van der Waals surface area contributed by atoms with Gasteiger partial charge in [0.1, 0.15) is 6.17 Å². The first-order valence-electron chi connectivity index (χ1n) is 7.66. The second-order valence-electron chi connectivity index (χ2n) is 5.96. The van der Waals surface area contributed by atoms with Crippen molar-refractivity contribution in [3.05, 3.63) is 65.2 Å². The SMILES string of the molecule is O=C(O)c1ccc(C2Nc3ccccc3C(=O)N2C2CC2)cc1. The molecule has 116 valence electrons. The lowest BCUT2D eigenvalue weighted by Crippen LogP contribution is -2.44. The number of hydrogen-bond acceptors (Lipinski definition) is 3. The number of fused-ring (bicyclic) bond motifs is 1. The van der Waals surface area contributed by atoms with Crippen LogP contribution in [0.2, 0.25) is 0 Å². The molecule has 1 heterocycles. The topological polar surface area (TPSA) is 69.6 Å². The van der Waals surface area contributed by atoms with Gasteiger partial charge >= 0.3 is 5.97 Å². The normalized spacial score (nSPS) is 19.9. The van der Waals surface area contributed by atoms with Crippen molar-refractivity contribution < 1.29 is 14.7 Å². The zero-order valence-corrected chi connectivity index (χ0v) is 12.4. The Balaban J connectivity index is 1.74. The Morgan fingerprint density at radius 3 is 2.43 bits per heavy atom. The molecule has 2 aromatic rings. The number of carboxylic acid groups (broad SMARTS) is 1. The van der Waals surface area contributed by atoms with Gasteiger partial charge in [0, 0.05) is 11.7 Å². The van der Waals surface area contributed by atoms with E-state index in [4.69, 9.17) is 5.11 Å². The molecule has 0 spiro atoms. The number of anilines is 1. The molecule has 1 fully saturated rings. The number of rotatable bonds is 3. The summed E-state index contributed by atoms with van der Waals surface area (Å²) in [6.07, 6.45) is 1.77. The molecule has 5 heteroatoms. The van der Waals surface area contributed by atoms with Crippen LogP contribution in [-0.4, -0.2) is 27.9 Å². The zero-order chi connectivity index (χ0) is 16.0. The number of amides is 1. The molecule has 4 rings (SSSR count). The van der Waals surface area contributed by atoms with Gasteiger partial charge in [-0.15, -0.1) is 0 Å². The van der Waals surface area contributed by atoms with E-state index in [1.807, 2.05) is 29.2 Å². The number of aromatic carboxylic acids is 1. The Hall–Kier alpha value is -2.82. The summed E-state index contributed by atoms with van der Waals surface area (Å²) in [6.45, 7) is 0. The molecule has 5 nitrogen and oxygen atoms in total. The van der Waals surface area contributed by atoms with E-state index in [1.54, 1.807) is 24.3 Å². The highest BCUT2D eigenvalue weighted by Crippen LogP contribution is 2.40. The van der Waals surface area contributed by atoms with Gasteiger partial charge in [0.05, 0.1) is 11.1 Å². The summed E-state index contributed by atoms with van der Waals surface area (Å²) < 4.78 is 0. The second kappa shape index (κ2) is 5.12. The van der Waals surface area contributed by atoms with E-state index in [0.29, 0.717) is 5.56 Å². The minimum Gasteiger partial charge on any atom is -0.478 e. The van der Waals surface area contributed by atoms with Crippen molar-refractivity contribution in [3.63, 3.8) is 0 Å². The van der Waals surface area contributed by atoms with Crippen LogP contribution in [0.25, 0.3) is 0 Å². The zero-order valence-electron chi connectivity index (χ0n) is 12.4. The van der Waals surface area contributed by atoms with Crippen molar-refractivity contribution in [1.29, 1.82) is 0 Å². The van der Waals surface area contributed by atoms with E-state index >= 15 is 0 Å². The maximum absolute atomic E-state index is 12.8. The van der Waals surface area contributed by atoms with Crippen molar-refractivity contribution >= 4 is 17.6 Å². The molecule has 0 radical (unpaired) electrons. The molecule has 1 amide bonds. The average molecular weight is 308 g/mol. The number of benzene rings is 2. The van der Waals surface area contributed by atoms with Crippen molar-refractivity contribution in [2.75, 3.05) is 5.32 Å². The van der Waals surface area contributed by atoms with Gasteiger partial charge in [-0.25, -0.2) is 4.79 Å². The number of para-hydroxylation sites is 1. The molecule has 0 aromatic heterocycles. The largest absolute Gasteiger partial charge is 0.478 e. The Bertz CT molecular complexity index is 781. The highest BCUT2D eigenvalue weighted by atomic mass is 16.4. The van der Waals surface area contributed by atoms with E-state index in [0.717, 1.165) is 24.1 Å². The molecule has 1 unspecified atom stereocenters. The molecule has 2 aromatic carbocycles. The number of carboxylic acids is 1. The first-order valence-corrected chi connectivity index (χ1v) is 7.66. The molecule has 1 aliphatic carbocycles. The second-order valence-corrected chi connectivity index (χ2v) is 5.96. The quantitative estimate of drug-likeness (QED) is 0.914. The average Bonchev–Trinajstić information content (AvgIpc) is 3.39. The van der Waals surface area contributed by atoms with Gasteiger partial charge in [-0.2, -0.15) is 0 Å². The molecule has 23 heavy (non-hydrogen) atoms. The van der Waals surface area contributed by atoms with Crippen LogP contribution in [0.15, 0.2) is 48.5 Å². The summed E-state index contributed by atoms with van der Waals surface area (Å²) >= 11 is 0. The van der Waals surface area contributed by atoms with Gasteiger partial charge < -0.3 is 15.3 Å². The van der Waals surface area contributed by atoms with Crippen LogP contribution >= 0.6 is 0 Å².